The molecule has 0 amide bonds. The lowest BCUT2D eigenvalue weighted by molar-refractivity contribution is -0.134. The van der Waals surface area contributed by atoms with Gasteiger partial charge in [0.25, 0.3) is 0 Å². The van der Waals surface area contributed by atoms with Gasteiger partial charge in [-0.05, 0) is 11.1 Å². The summed E-state index contributed by atoms with van der Waals surface area (Å²) in [7, 11) is 0. The van der Waals surface area contributed by atoms with Gasteiger partial charge in [-0.25, -0.2) is 14.6 Å². The zero-order chi connectivity index (χ0) is 25.9. The molecule has 1 fully saturated rings. The van der Waals surface area contributed by atoms with E-state index in [2.05, 4.69) is 89.7 Å². The Labute approximate surface area is 216 Å². The zero-order valence-electron chi connectivity index (χ0n) is 20.7. The third-order valence-corrected chi connectivity index (χ3v) is 7.01. The molecule has 3 aromatic rings. The number of hydrogen-bond acceptors (Lipinski definition) is 6. The summed E-state index contributed by atoms with van der Waals surface area (Å²) in [5.41, 5.74) is 3.98. The molecule has 2 aromatic carbocycles. The summed E-state index contributed by atoms with van der Waals surface area (Å²) in [6, 6.07) is 22.2. The van der Waals surface area contributed by atoms with Crippen LogP contribution in [0, 0.1) is 0 Å². The fourth-order valence-corrected chi connectivity index (χ4v) is 4.92. The molecule has 0 spiro atoms. The number of thiazole rings is 1. The highest BCUT2D eigenvalue weighted by atomic mass is 32.1. The summed E-state index contributed by atoms with van der Waals surface area (Å²) in [5.74, 6) is -1.99. The Morgan fingerprint density at radius 3 is 1.81 bits per heavy atom. The number of rotatable bonds is 8. The monoisotopic (exact) mass is 507 g/mol. The highest BCUT2D eigenvalue weighted by Gasteiger charge is 2.26. The van der Waals surface area contributed by atoms with Gasteiger partial charge in [-0.15, -0.1) is 11.3 Å². The van der Waals surface area contributed by atoms with E-state index in [0.29, 0.717) is 24.1 Å². The van der Waals surface area contributed by atoms with Crippen molar-refractivity contribution in [3.8, 4) is 0 Å². The molecule has 0 aliphatic carbocycles. The van der Waals surface area contributed by atoms with Gasteiger partial charge in [0.1, 0.15) is 0 Å². The van der Waals surface area contributed by atoms with Gasteiger partial charge in [-0.1, -0.05) is 74.5 Å². The van der Waals surface area contributed by atoms with Crippen LogP contribution < -0.4 is 0 Å². The van der Waals surface area contributed by atoms with Crippen LogP contribution in [-0.2, 0) is 16.1 Å². The SMILES string of the molecule is CC(C)c1nc(CN2CCN(C(c3ccccc3)c3ccccc3)CC2)cs1.O=C(O)C=CC(=O)O. The maximum atomic E-state index is 9.55. The molecule has 1 saturated heterocycles. The van der Waals surface area contributed by atoms with Gasteiger partial charge in [-0.3, -0.25) is 9.80 Å². The highest BCUT2D eigenvalue weighted by Crippen LogP contribution is 2.29. The van der Waals surface area contributed by atoms with Crippen LogP contribution >= 0.6 is 11.3 Å². The van der Waals surface area contributed by atoms with E-state index < -0.39 is 11.9 Å². The van der Waals surface area contributed by atoms with Crippen molar-refractivity contribution < 1.29 is 19.8 Å². The van der Waals surface area contributed by atoms with Crippen molar-refractivity contribution in [3.63, 3.8) is 0 Å². The fraction of sp³-hybridized carbons (Fsp3) is 0.321. The summed E-state index contributed by atoms with van der Waals surface area (Å²) in [6.07, 6.45) is 1.12. The molecule has 8 heteroatoms. The second kappa shape index (κ2) is 13.7. The molecule has 0 saturated carbocycles. The Kier molecular flexibility index (Phi) is 10.4. The molecule has 4 rings (SSSR count). The fourth-order valence-electron chi connectivity index (χ4n) is 4.10. The third kappa shape index (κ3) is 8.41. The van der Waals surface area contributed by atoms with Gasteiger partial charge in [0.05, 0.1) is 16.7 Å². The average Bonchev–Trinajstić information content (AvgIpc) is 3.35. The maximum Gasteiger partial charge on any atom is 0.328 e. The second-order valence-electron chi connectivity index (χ2n) is 8.88. The molecule has 0 unspecified atom stereocenters. The Morgan fingerprint density at radius 1 is 0.889 bits per heavy atom. The summed E-state index contributed by atoms with van der Waals surface area (Å²) in [5, 5.41) is 19.1. The highest BCUT2D eigenvalue weighted by molar-refractivity contribution is 7.09. The number of carboxylic acids is 2. The predicted octanol–water partition coefficient (Wildman–Crippen LogP) is 4.89. The first-order valence-electron chi connectivity index (χ1n) is 12.0. The van der Waals surface area contributed by atoms with Crippen LogP contribution in [0.2, 0.25) is 0 Å². The molecular weight excluding hydrogens is 474 g/mol. The smallest absolute Gasteiger partial charge is 0.328 e. The van der Waals surface area contributed by atoms with Gasteiger partial charge in [-0.2, -0.15) is 0 Å². The van der Waals surface area contributed by atoms with E-state index in [-0.39, 0.29) is 0 Å². The minimum absolute atomic E-state index is 0.330. The Hall–Kier alpha value is -3.33. The molecular formula is C28H33N3O4S. The maximum absolute atomic E-state index is 9.55. The van der Waals surface area contributed by atoms with Crippen molar-refractivity contribution in [2.24, 2.45) is 0 Å². The molecule has 1 aromatic heterocycles. The number of piperazine rings is 1. The molecule has 0 atom stereocenters. The molecule has 7 nitrogen and oxygen atoms in total. The topological polar surface area (TPSA) is 94.0 Å². The molecule has 0 radical (unpaired) electrons. The molecule has 1 aliphatic heterocycles. The molecule has 190 valence electrons. The predicted molar refractivity (Wildman–Crippen MR) is 142 cm³/mol. The summed E-state index contributed by atoms with van der Waals surface area (Å²) in [4.78, 5) is 29.1. The van der Waals surface area contributed by atoms with Crippen molar-refractivity contribution >= 4 is 23.3 Å². The number of nitrogens with zero attached hydrogens (tertiary/aromatic N) is 3. The van der Waals surface area contributed by atoms with E-state index in [9.17, 15) is 9.59 Å². The molecule has 0 bridgehead atoms. The molecule has 1 aliphatic rings. The lowest BCUT2D eigenvalue weighted by atomic mass is 9.96. The summed E-state index contributed by atoms with van der Waals surface area (Å²) >= 11 is 1.80. The number of carboxylic acid groups (broad SMARTS) is 2. The average molecular weight is 508 g/mol. The third-order valence-electron chi connectivity index (χ3n) is 5.82. The van der Waals surface area contributed by atoms with Gasteiger partial charge in [0.2, 0.25) is 0 Å². The molecule has 36 heavy (non-hydrogen) atoms. The lowest BCUT2D eigenvalue weighted by Gasteiger charge is -2.39. The Bertz CT molecular complexity index is 1070. The van der Waals surface area contributed by atoms with Crippen LogP contribution in [0.4, 0.5) is 0 Å². The second-order valence-corrected chi connectivity index (χ2v) is 9.77. The minimum Gasteiger partial charge on any atom is -0.478 e. The van der Waals surface area contributed by atoms with Crippen LogP contribution in [0.1, 0.15) is 47.6 Å². The van der Waals surface area contributed by atoms with Gasteiger partial charge in [0, 0.05) is 56.2 Å². The number of hydrogen-bond donors (Lipinski definition) is 2. The van der Waals surface area contributed by atoms with Crippen molar-refractivity contribution in [1.29, 1.82) is 0 Å². The van der Waals surface area contributed by atoms with E-state index in [1.54, 1.807) is 11.3 Å². The van der Waals surface area contributed by atoms with E-state index in [0.717, 1.165) is 32.7 Å². The first-order chi connectivity index (χ1) is 17.3. The van der Waals surface area contributed by atoms with Crippen molar-refractivity contribution in [1.82, 2.24) is 14.8 Å². The first kappa shape index (κ1) is 27.3. The lowest BCUT2D eigenvalue weighted by Crippen LogP contribution is -2.47. The van der Waals surface area contributed by atoms with E-state index >= 15 is 0 Å². The van der Waals surface area contributed by atoms with Gasteiger partial charge >= 0.3 is 11.9 Å². The quantitative estimate of drug-likeness (QED) is 0.420. The van der Waals surface area contributed by atoms with Crippen molar-refractivity contribution in [2.75, 3.05) is 26.2 Å². The number of benzene rings is 2. The van der Waals surface area contributed by atoms with Crippen LogP contribution in [0.25, 0.3) is 0 Å². The molecule has 2 heterocycles. The van der Waals surface area contributed by atoms with E-state index in [4.69, 9.17) is 15.2 Å². The van der Waals surface area contributed by atoms with Crippen molar-refractivity contribution in [2.45, 2.75) is 32.4 Å². The van der Waals surface area contributed by atoms with Crippen LogP contribution in [0.3, 0.4) is 0 Å². The van der Waals surface area contributed by atoms with E-state index in [1.165, 1.54) is 21.8 Å². The molecule has 2 N–H and O–H groups in total. The number of carbonyl (C=O) groups is 2. The van der Waals surface area contributed by atoms with Gasteiger partial charge < -0.3 is 10.2 Å². The van der Waals surface area contributed by atoms with Crippen LogP contribution in [-0.4, -0.2) is 63.1 Å². The largest absolute Gasteiger partial charge is 0.478 e. The van der Waals surface area contributed by atoms with Crippen molar-refractivity contribution in [3.05, 3.63) is 100 Å². The normalized spacial score (nSPS) is 14.7. The standard InChI is InChI=1S/C24H29N3S.C4H4O4/c1-19(2)24-25-22(18-28-24)17-26-13-15-27(16-14-26)23(20-9-5-3-6-10-20)21-11-7-4-8-12-21;5-3(6)1-2-4(7)8/h3-12,18-19,23H,13-17H2,1-2H3;1-2H,(H,5,6)(H,7,8). The first-order valence-corrected chi connectivity index (χ1v) is 12.9. The minimum atomic E-state index is -1.26. The number of aromatic nitrogens is 1. The number of aliphatic carboxylic acids is 2. The van der Waals surface area contributed by atoms with E-state index in [1.807, 2.05) is 0 Å². The van der Waals surface area contributed by atoms with Crippen LogP contribution in [0.15, 0.2) is 78.2 Å². The zero-order valence-corrected chi connectivity index (χ0v) is 21.5. The van der Waals surface area contributed by atoms with Gasteiger partial charge in [0.15, 0.2) is 0 Å². The summed E-state index contributed by atoms with van der Waals surface area (Å²) < 4.78 is 0. The Balaban J connectivity index is 0.000000392. The Morgan fingerprint density at radius 2 is 1.39 bits per heavy atom. The van der Waals surface area contributed by atoms with Crippen LogP contribution in [0.5, 0.6) is 0 Å². The summed E-state index contributed by atoms with van der Waals surface area (Å²) in [6.45, 7) is 9.74.